The lowest BCUT2D eigenvalue weighted by Crippen LogP contribution is -2.51. The average Bonchev–Trinajstić information content (AvgIpc) is 2.99. The molecule has 1 aromatic rings. The Morgan fingerprint density at radius 1 is 1.14 bits per heavy atom. The molecule has 29 heavy (non-hydrogen) atoms. The van der Waals surface area contributed by atoms with E-state index in [0.717, 1.165) is 37.0 Å². The molecule has 2 saturated carbocycles. The van der Waals surface area contributed by atoms with Crippen molar-refractivity contribution in [3.05, 3.63) is 30.1 Å². The van der Waals surface area contributed by atoms with Gasteiger partial charge in [0.2, 0.25) is 5.91 Å². The van der Waals surface area contributed by atoms with Gasteiger partial charge in [-0.2, -0.15) is 0 Å². The average molecular weight is 395 g/mol. The third-order valence-electron chi connectivity index (χ3n) is 9.32. The summed E-state index contributed by atoms with van der Waals surface area (Å²) >= 11 is 0. The highest BCUT2D eigenvalue weighted by Crippen LogP contribution is 2.66. The van der Waals surface area contributed by atoms with Gasteiger partial charge in [-0.25, -0.2) is 0 Å². The Morgan fingerprint density at radius 2 is 2.00 bits per heavy atom. The van der Waals surface area contributed by atoms with E-state index in [2.05, 4.69) is 36.3 Å². The van der Waals surface area contributed by atoms with Gasteiger partial charge in [0.05, 0.1) is 13.3 Å². The van der Waals surface area contributed by atoms with E-state index in [-0.39, 0.29) is 11.3 Å². The van der Waals surface area contributed by atoms with E-state index >= 15 is 0 Å². The van der Waals surface area contributed by atoms with Crippen molar-refractivity contribution in [3.63, 3.8) is 0 Å². The van der Waals surface area contributed by atoms with Gasteiger partial charge in [-0.05, 0) is 90.2 Å². The van der Waals surface area contributed by atoms with Gasteiger partial charge in [-0.3, -0.25) is 9.78 Å². The van der Waals surface area contributed by atoms with E-state index < -0.39 is 0 Å². The van der Waals surface area contributed by atoms with E-state index in [1.54, 1.807) is 13.3 Å². The van der Waals surface area contributed by atoms with Crippen LogP contribution in [0.4, 0.5) is 0 Å². The number of carbonyl (C=O) groups excluding carboxylic acids is 1. The first kappa shape index (κ1) is 19.1. The molecule has 4 nitrogen and oxygen atoms in total. The van der Waals surface area contributed by atoms with Crippen LogP contribution >= 0.6 is 0 Å². The summed E-state index contributed by atoms with van der Waals surface area (Å²) in [7, 11) is 1.71. The first-order chi connectivity index (χ1) is 14.0. The quantitative estimate of drug-likeness (QED) is 0.780. The maximum absolute atomic E-state index is 12.2. The van der Waals surface area contributed by atoms with Gasteiger partial charge in [0, 0.05) is 19.2 Å². The number of nitrogens with one attached hydrogen (secondary N) is 1. The second-order valence-corrected chi connectivity index (χ2v) is 10.4. The Kier molecular flexibility index (Phi) is 4.52. The highest BCUT2D eigenvalue weighted by molar-refractivity contribution is 5.76. The smallest absolute Gasteiger partial charge is 0.220 e. The monoisotopic (exact) mass is 394 g/mol. The molecule has 1 aliphatic heterocycles. The third-order valence-corrected chi connectivity index (χ3v) is 9.32. The molecule has 1 amide bonds. The minimum atomic E-state index is 0.233. The summed E-state index contributed by atoms with van der Waals surface area (Å²) in [6.45, 7) is 5.86. The van der Waals surface area contributed by atoms with Gasteiger partial charge < -0.3 is 10.1 Å². The SMILES string of the molecule is COc1cncc(C2=CC[C@H]3[C@@H]4CC[C@H]5CC(=O)NCC[C@]5(C)[C@H]4CC[C@]23C)c1. The molecule has 0 unspecified atom stereocenters. The fourth-order valence-corrected chi connectivity index (χ4v) is 7.72. The molecule has 3 aliphatic carbocycles. The lowest BCUT2D eigenvalue weighted by molar-refractivity contribution is -0.124. The Labute approximate surface area is 174 Å². The van der Waals surface area contributed by atoms with Crippen molar-refractivity contribution in [1.29, 1.82) is 0 Å². The van der Waals surface area contributed by atoms with E-state index in [0.29, 0.717) is 17.3 Å². The molecule has 2 heterocycles. The lowest BCUT2D eigenvalue weighted by Gasteiger charge is -2.58. The molecule has 1 N–H and O–H groups in total. The van der Waals surface area contributed by atoms with Crippen LogP contribution < -0.4 is 10.1 Å². The fraction of sp³-hybridized carbons (Fsp3) is 0.680. The molecule has 0 spiro atoms. The zero-order valence-electron chi connectivity index (χ0n) is 18.0. The molecule has 0 aromatic carbocycles. The second-order valence-electron chi connectivity index (χ2n) is 10.4. The summed E-state index contributed by atoms with van der Waals surface area (Å²) in [4.78, 5) is 16.6. The Hall–Kier alpha value is -1.84. The first-order valence-corrected chi connectivity index (χ1v) is 11.4. The number of methoxy groups -OCH3 is 1. The second kappa shape index (κ2) is 6.85. The van der Waals surface area contributed by atoms with E-state index in [1.165, 1.54) is 43.2 Å². The fourth-order valence-electron chi connectivity index (χ4n) is 7.72. The largest absolute Gasteiger partial charge is 0.495 e. The molecular weight excluding hydrogens is 360 g/mol. The zero-order chi connectivity index (χ0) is 20.2. The van der Waals surface area contributed by atoms with E-state index in [1.807, 2.05) is 6.20 Å². The number of rotatable bonds is 2. The summed E-state index contributed by atoms with van der Waals surface area (Å²) in [5.41, 5.74) is 3.26. The summed E-state index contributed by atoms with van der Waals surface area (Å²) in [6.07, 6.45) is 14.4. The Morgan fingerprint density at radius 3 is 2.83 bits per heavy atom. The number of aromatic nitrogens is 1. The van der Waals surface area contributed by atoms with Crippen LogP contribution in [0.5, 0.6) is 5.75 Å². The number of pyridine rings is 1. The number of nitrogens with zero attached hydrogens (tertiary/aromatic N) is 1. The molecular formula is C25H34N2O2. The molecule has 1 saturated heterocycles. The Balaban J connectivity index is 1.44. The molecule has 1 aromatic heterocycles. The highest BCUT2D eigenvalue weighted by Gasteiger charge is 2.58. The van der Waals surface area contributed by atoms with Gasteiger partial charge >= 0.3 is 0 Å². The van der Waals surface area contributed by atoms with Crippen molar-refractivity contribution in [1.82, 2.24) is 10.3 Å². The number of hydrogen-bond acceptors (Lipinski definition) is 3. The topological polar surface area (TPSA) is 51.2 Å². The molecule has 0 bridgehead atoms. The Bertz CT molecular complexity index is 849. The highest BCUT2D eigenvalue weighted by atomic mass is 16.5. The van der Waals surface area contributed by atoms with Crippen LogP contribution in [0.3, 0.4) is 0 Å². The van der Waals surface area contributed by atoms with Crippen molar-refractivity contribution in [3.8, 4) is 5.75 Å². The summed E-state index contributed by atoms with van der Waals surface area (Å²) < 4.78 is 5.44. The number of ether oxygens (including phenoxy) is 1. The summed E-state index contributed by atoms with van der Waals surface area (Å²) in [5, 5.41) is 3.15. The van der Waals surface area contributed by atoms with Crippen molar-refractivity contribution >= 4 is 11.5 Å². The molecule has 6 atom stereocenters. The van der Waals surface area contributed by atoms with Crippen molar-refractivity contribution < 1.29 is 9.53 Å². The van der Waals surface area contributed by atoms with Crippen LogP contribution in [0.25, 0.3) is 5.57 Å². The predicted molar refractivity (Wildman–Crippen MR) is 114 cm³/mol. The number of allylic oxidation sites excluding steroid dienone is 2. The minimum Gasteiger partial charge on any atom is -0.495 e. The van der Waals surface area contributed by atoms with Crippen LogP contribution in [0, 0.1) is 34.5 Å². The summed E-state index contributed by atoms with van der Waals surface area (Å²) in [6, 6.07) is 2.15. The molecule has 0 radical (unpaired) electrons. The van der Waals surface area contributed by atoms with Crippen LogP contribution in [0.1, 0.15) is 64.4 Å². The number of amides is 1. The van der Waals surface area contributed by atoms with Gasteiger partial charge in [0.25, 0.3) is 0 Å². The normalized spacial score (nSPS) is 41.3. The molecule has 5 rings (SSSR count). The molecule has 3 fully saturated rings. The third kappa shape index (κ3) is 2.85. The standard InChI is InChI=1S/C25H34N2O2/c1-24-10-11-27-23(28)13-17(24)4-5-19-21-7-6-20(25(21,2)9-8-22(19)24)16-12-18(29-3)15-26-14-16/h6,12,14-15,17,19,21-22H,4-5,7-11,13H2,1-3H3,(H,27,28)/t17-,19-,21-,22-,24-,25+/m0/s1. The number of fused-ring (bicyclic) bond motifs is 5. The van der Waals surface area contributed by atoms with Gasteiger partial charge in [-0.1, -0.05) is 19.9 Å². The lowest BCUT2D eigenvalue weighted by atomic mass is 9.46. The maximum atomic E-state index is 12.2. The molecule has 156 valence electrons. The van der Waals surface area contributed by atoms with E-state index in [4.69, 9.17) is 4.74 Å². The molecule has 4 heteroatoms. The number of hydrogen-bond donors (Lipinski definition) is 1. The van der Waals surface area contributed by atoms with Gasteiger partial charge in [0.15, 0.2) is 0 Å². The van der Waals surface area contributed by atoms with Crippen LogP contribution in [0.2, 0.25) is 0 Å². The van der Waals surface area contributed by atoms with Crippen LogP contribution in [-0.4, -0.2) is 24.5 Å². The summed E-state index contributed by atoms with van der Waals surface area (Å²) in [5.74, 6) is 3.92. The van der Waals surface area contributed by atoms with Gasteiger partial charge in [0.1, 0.15) is 5.75 Å². The maximum Gasteiger partial charge on any atom is 0.220 e. The van der Waals surface area contributed by atoms with Crippen LogP contribution in [-0.2, 0) is 4.79 Å². The minimum absolute atomic E-state index is 0.233. The van der Waals surface area contributed by atoms with Crippen molar-refractivity contribution in [2.75, 3.05) is 13.7 Å². The number of carbonyl (C=O) groups is 1. The van der Waals surface area contributed by atoms with E-state index in [9.17, 15) is 4.79 Å². The van der Waals surface area contributed by atoms with Crippen molar-refractivity contribution in [2.45, 2.75) is 58.8 Å². The van der Waals surface area contributed by atoms with Gasteiger partial charge in [-0.15, -0.1) is 0 Å². The van der Waals surface area contributed by atoms with Crippen LogP contribution in [0.15, 0.2) is 24.5 Å². The van der Waals surface area contributed by atoms with Crippen molar-refractivity contribution in [2.24, 2.45) is 34.5 Å². The predicted octanol–water partition coefficient (Wildman–Crippen LogP) is 4.85. The molecule has 4 aliphatic rings. The first-order valence-electron chi connectivity index (χ1n) is 11.4. The zero-order valence-corrected chi connectivity index (χ0v) is 18.0.